The third-order valence-electron chi connectivity index (χ3n) is 2.31. The maximum Gasteiger partial charge on any atom is 0.263 e. The molecule has 0 bridgehead atoms. The van der Waals surface area contributed by atoms with Gasteiger partial charge in [-0.2, -0.15) is 0 Å². The van der Waals surface area contributed by atoms with Crippen molar-refractivity contribution in [1.82, 2.24) is 4.31 Å². The molecular weight excluding hydrogens is 234 g/mol. The molecule has 4 heteroatoms. The fourth-order valence-corrected chi connectivity index (χ4v) is 2.61. The first-order chi connectivity index (χ1) is 8.02. The van der Waals surface area contributed by atoms with Crippen LogP contribution in [0.3, 0.4) is 0 Å². The van der Waals surface area contributed by atoms with Crippen LogP contribution in [0.4, 0.5) is 0 Å². The molecule has 0 unspecified atom stereocenters. The highest BCUT2D eigenvalue weighted by molar-refractivity contribution is 7.89. The molecule has 3 nitrogen and oxygen atoms in total. The zero-order valence-corrected chi connectivity index (χ0v) is 10.6. The first-order valence-electron chi connectivity index (χ1n) is 5.17. The number of aryl methyl sites for hydroxylation is 1. The lowest BCUT2D eigenvalue weighted by Gasteiger charge is -2.18. The van der Waals surface area contributed by atoms with Crippen molar-refractivity contribution >= 4 is 10.0 Å². The Bertz CT molecular complexity index is 524. The van der Waals surface area contributed by atoms with E-state index < -0.39 is 10.0 Å². The molecule has 1 aromatic rings. The molecular formula is C13H15NO2S. The van der Waals surface area contributed by atoms with Gasteiger partial charge in [0.05, 0.1) is 4.90 Å². The standard InChI is InChI=1S/C13H15NO2S/c1-4-6-11-14(5-2)17(15,16)13-9-7-12(3)8-10-13/h1,5,7-10H,2,6,11H2,3H3. The first-order valence-corrected chi connectivity index (χ1v) is 6.61. The van der Waals surface area contributed by atoms with Gasteiger partial charge >= 0.3 is 0 Å². The Hall–Kier alpha value is -1.73. The van der Waals surface area contributed by atoms with Crippen LogP contribution < -0.4 is 0 Å². The molecule has 0 aliphatic heterocycles. The summed E-state index contributed by atoms with van der Waals surface area (Å²) in [5, 5.41) is 0. The summed E-state index contributed by atoms with van der Waals surface area (Å²) in [5.74, 6) is 2.41. The van der Waals surface area contributed by atoms with Gasteiger partial charge in [-0.05, 0) is 19.1 Å². The van der Waals surface area contributed by atoms with Gasteiger partial charge in [0.25, 0.3) is 10.0 Å². The van der Waals surface area contributed by atoms with Gasteiger partial charge in [0.15, 0.2) is 0 Å². The summed E-state index contributed by atoms with van der Waals surface area (Å²) in [7, 11) is -3.52. The number of benzene rings is 1. The van der Waals surface area contributed by atoms with Crippen LogP contribution in [-0.2, 0) is 10.0 Å². The fraction of sp³-hybridized carbons (Fsp3) is 0.231. The van der Waals surface area contributed by atoms with Crippen molar-refractivity contribution in [1.29, 1.82) is 0 Å². The molecule has 0 heterocycles. The van der Waals surface area contributed by atoms with Crippen LogP contribution >= 0.6 is 0 Å². The summed E-state index contributed by atoms with van der Waals surface area (Å²) in [6, 6.07) is 6.68. The van der Waals surface area contributed by atoms with Crippen LogP contribution in [0.5, 0.6) is 0 Å². The Morgan fingerprint density at radius 2 is 2.00 bits per heavy atom. The van der Waals surface area contributed by atoms with Crippen LogP contribution in [0.25, 0.3) is 0 Å². The highest BCUT2D eigenvalue weighted by atomic mass is 32.2. The Labute approximate surface area is 103 Å². The summed E-state index contributed by atoms with van der Waals surface area (Å²) in [5.41, 5.74) is 1.01. The minimum atomic E-state index is -3.52. The number of hydrogen-bond acceptors (Lipinski definition) is 2. The minimum absolute atomic E-state index is 0.246. The van der Waals surface area contributed by atoms with Gasteiger partial charge in [0.1, 0.15) is 0 Å². The van der Waals surface area contributed by atoms with E-state index in [4.69, 9.17) is 6.42 Å². The molecule has 1 aromatic carbocycles. The van der Waals surface area contributed by atoms with Crippen molar-refractivity contribution in [2.45, 2.75) is 18.2 Å². The van der Waals surface area contributed by atoms with Gasteiger partial charge in [-0.15, -0.1) is 12.3 Å². The molecule has 0 spiro atoms. The van der Waals surface area contributed by atoms with Crippen LogP contribution in [0.2, 0.25) is 0 Å². The molecule has 0 aliphatic rings. The molecule has 0 radical (unpaired) electrons. The Balaban J connectivity index is 3.05. The van der Waals surface area contributed by atoms with Gasteiger partial charge < -0.3 is 0 Å². The first kappa shape index (κ1) is 13.3. The normalized spacial score (nSPS) is 10.6. The Kier molecular flexibility index (Phi) is 4.36. The van der Waals surface area contributed by atoms with E-state index >= 15 is 0 Å². The topological polar surface area (TPSA) is 37.4 Å². The molecule has 0 atom stereocenters. The maximum atomic E-state index is 12.2. The van der Waals surface area contributed by atoms with Crippen molar-refractivity contribution in [3.63, 3.8) is 0 Å². The highest BCUT2D eigenvalue weighted by Crippen LogP contribution is 2.16. The van der Waals surface area contributed by atoms with Gasteiger partial charge in [-0.3, -0.25) is 4.31 Å². The predicted molar refractivity (Wildman–Crippen MR) is 68.7 cm³/mol. The van der Waals surface area contributed by atoms with Crippen LogP contribution in [0.1, 0.15) is 12.0 Å². The van der Waals surface area contributed by atoms with Crippen LogP contribution in [0, 0.1) is 19.3 Å². The van der Waals surface area contributed by atoms with E-state index in [2.05, 4.69) is 12.5 Å². The second kappa shape index (κ2) is 5.55. The average molecular weight is 249 g/mol. The smallest absolute Gasteiger partial charge is 0.263 e. The lowest BCUT2D eigenvalue weighted by atomic mass is 10.2. The molecule has 0 aliphatic carbocycles. The number of hydrogen-bond donors (Lipinski definition) is 0. The summed E-state index contributed by atoms with van der Waals surface area (Å²) in [4.78, 5) is 0.250. The van der Waals surface area contributed by atoms with Crippen molar-refractivity contribution in [2.75, 3.05) is 6.54 Å². The van der Waals surface area contributed by atoms with Crippen molar-refractivity contribution in [2.24, 2.45) is 0 Å². The number of terminal acetylenes is 1. The largest absolute Gasteiger partial charge is 0.273 e. The van der Waals surface area contributed by atoms with Crippen molar-refractivity contribution in [3.8, 4) is 12.3 Å². The Morgan fingerprint density at radius 1 is 1.41 bits per heavy atom. The molecule has 0 saturated carbocycles. The lowest BCUT2D eigenvalue weighted by Crippen LogP contribution is -2.26. The van der Waals surface area contributed by atoms with Crippen LogP contribution in [-0.4, -0.2) is 19.3 Å². The molecule has 0 saturated heterocycles. The monoisotopic (exact) mass is 249 g/mol. The second-order valence-electron chi connectivity index (χ2n) is 3.57. The van der Waals surface area contributed by atoms with E-state index in [0.29, 0.717) is 6.42 Å². The van der Waals surface area contributed by atoms with E-state index in [1.54, 1.807) is 24.3 Å². The minimum Gasteiger partial charge on any atom is -0.273 e. The van der Waals surface area contributed by atoms with Crippen molar-refractivity contribution in [3.05, 3.63) is 42.6 Å². The third-order valence-corrected chi connectivity index (χ3v) is 4.12. The molecule has 0 amide bonds. The molecule has 17 heavy (non-hydrogen) atoms. The second-order valence-corrected chi connectivity index (χ2v) is 5.46. The Morgan fingerprint density at radius 3 is 2.47 bits per heavy atom. The summed E-state index contributed by atoms with van der Waals surface area (Å²) in [6.07, 6.45) is 6.77. The van der Waals surface area contributed by atoms with E-state index in [9.17, 15) is 8.42 Å². The molecule has 90 valence electrons. The molecule has 0 N–H and O–H groups in total. The summed E-state index contributed by atoms with van der Waals surface area (Å²) in [6.45, 7) is 5.65. The average Bonchev–Trinajstić information content (AvgIpc) is 2.30. The van der Waals surface area contributed by atoms with E-state index in [1.807, 2.05) is 6.92 Å². The van der Waals surface area contributed by atoms with E-state index in [-0.39, 0.29) is 11.4 Å². The van der Waals surface area contributed by atoms with E-state index in [0.717, 1.165) is 9.87 Å². The summed E-state index contributed by atoms with van der Waals surface area (Å²) < 4.78 is 25.5. The highest BCUT2D eigenvalue weighted by Gasteiger charge is 2.19. The lowest BCUT2D eigenvalue weighted by molar-refractivity contribution is 0.504. The molecule has 0 fully saturated rings. The number of nitrogens with zero attached hydrogens (tertiary/aromatic N) is 1. The van der Waals surface area contributed by atoms with E-state index in [1.165, 1.54) is 6.20 Å². The zero-order chi connectivity index (χ0) is 12.9. The SMILES string of the molecule is C#CCCN(C=C)S(=O)(=O)c1ccc(C)cc1. The van der Waals surface area contributed by atoms with Gasteiger partial charge in [-0.1, -0.05) is 24.3 Å². The zero-order valence-electron chi connectivity index (χ0n) is 9.76. The fourth-order valence-electron chi connectivity index (χ4n) is 1.33. The van der Waals surface area contributed by atoms with Gasteiger partial charge in [0, 0.05) is 19.2 Å². The van der Waals surface area contributed by atoms with Gasteiger partial charge in [0.2, 0.25) is 0 Å². The van der Waals surface area contributed by atoms with Crippen molar-refractivity contribution < 1.29 is 8.42 Å². The predicted octanol–water partition coefficient (Wildman–Crippen LogP) is 2.15. The number of sulfonamides is 1. The summed E-state index contributed by atoms with van der Waals surface area (Å²) >= 11 is 0. The molecule has 0 aromatic heterocycles. The maximum absolute atomic E-state index is 12.2. The third kappa shape index (κ3) is 3.11. The quantitative estimate of drug-likeness (QED) is 0.750. The number of rotatable bonds is 5. The van der Waals surface area contributed by atoms with Gasteiger partial charge in [-0.25, -0.2) is 8.42 Å². The van der Waals surface area contributed by atoms with Crippen LogP contribution in [0.15, 0.2) is 41.9 Å². The molecule has 1 rings (SSSR count).